The van der Waals surface area contributed by atoms with Crippen LogP contribution >= 0.6 is 11.3 Å². The van der Waals surface area contributed by atoms with Gasteiger partial charge in [0.2, 0.25) is 0 Å². The van der Waals surface area contributed by atoms with E-state index in [0.717, 1.165) is 29.0 Å². The van der Waals surface area contributed by atoms with Crippen molar-refractivity contribution in [2.75, 3.05) is 19.6 Å². The highest BCUT2D eigenvalue weighted by Gasteiger charge is 2.33. The lowest BCUT2D eigenvalue weighted by atomic mass is 9.97. The maximum atomic E-state index is 12.3. The predicted molar refractivity (Wildman–Crippen MR) is 80.0 cm³/mol. The Morgan fingerprint density at radius 3 is 3.30 bits per heavy atom. The third-order valence-electron chi connectivity index (χ3n) is 4.37. The first-order chi connectivity index (χ1) is 9.78. The van der Waals surface area contributed by atoms with E-state index >= 15 is 0 Å². The van der Waals surface area contributed by atoms with Crippen molar-refractivity contribution in [1.82, 2.24) is 15.2 Å². The van der Waals surface area contributed by atoms with Crippen LogP contribution in [0.4, 0.5) is 0 Å². The number of aromatic nitrogens is 1. The van der Waals surface area contributed by atoms with Gasteiger partial charge in [-0.2, -0.15) is 0 Å². The number of hydrogen-bond donors (Lipinski definition) is 1. The van der Waals surface area contributed by atoms with Crippen molar-refractivity contribution in [3.05, 3.63) is 29.4 Å². The summed E-state index contributed by atoms with van der Waals surface area (Å²) in [7, 11) is 0. The molecule has 0 aromatic carbocycles. The molecule has 3 atom stereocenters. The normalized spacial score (nSPS) is 28.7. The summed E-state index contributed by atoms with van der Waals surface area (Å²) < 4.78 is 1.12. The molecule has 4 rings (SSSR count). The Labute approximate surface area is 121 Å². The lowest BCUT2D eigenvalue weighted by molar-refractivity contribution is 0.0904. The van der Waals surface area contributed by atoms with Crippen molar-refractivity contribution in [2.45, 2.75) is 18.9 Å². The molecule has 0 spiro atoms. The van der Waals surface area contributed by atoms with Gasteiger partial charge in [-0.15, -0.1) is 11.3 Å². The minimum Gasteiger partial charge on any atom is -0.347 e. The van der Waals surface area contributed by atoms with E-state index in [0.29, 0.717) is 5.69 Å². The van der Waals surface area contributed by atoms with Crippen molar-refractivity contribution in [3.63, 3.8) is 0 Å². The molecule has 0 saturated carbocycles. The Balaban J connectivity index is 1.49. The number of rotatable bonds is 2. The number of carbonyl (C=O) groups excluding carboxylic acids is 1. The van der Waals surface area contributed by atoms with E-state index in [1.165, 1.54) is 19.5 Å². The number of carbonyl (C=O) groups is 1. The first kappa shape index (κ1) is 12.3. The molecule has 4 heterocycles. The number of nitrogens with one attached hydrogen (secondary N) is 1. The molecule has 2 fully saturated rings. The first-order valence-corrected chi connectivity index (χ1v) is 8.02. The Bertz CT molecular complexity index is 641. The van der Waals surface area contributed by atoms with Gasteiger partial charge in [-0.05, 0) is 42.8 Å². The Kier molecular flexibility index (Phi) is 2.97. The molecular formula is C15H17N3OS. The van der Waals surface area contributed by atoms with Crippen LogP contribution in [0, 0.1) is 5.92 Å². The summed E-state index contributed by atoms with van der Waals surface area (Å²) in [5, 5.41) is 6.29. The summed E-state index contributed by atoms with van der Waals surface area (Å²) in [6, 6.07) is 4.21. The van der Waals surface area contributed by atoms with E-state index < -0.39 is 0 Å². The van der Waals surface area contributed by atoms with Crippen molar-refractivity contribution >= 4 is 27.3 Å². The molecule has 0 radical (unpaired) electrons. The second-order valence-corrected chi connectivity index (χ2v) is 6.80. The molecule has 2 aliphatic rings. The van der Waals surface area contributed by atoms with Crippen LogP contribution < -0.4 is 5.32 Å². The van der Waals surface area contributed by atoms with E-state index in [1.54, 1.807) is 17.5 Å². The molecule has 2 saturated heterocycles. The Morgan fingerprint density at radius 2 is 2.40 bits per heavy atom. The molecular weight excluding hydrogens is 270 g/mol. The maximum absolute atomic E-state index is 12.3. The monoisotopic (exact) mass is 287 g/mol. The number of fused-ring (bicyclic) bond motifs is 3. The molecule has 1 unspecified atom stereocenters. The molecule has 4 nitrogen and oxygen atoms in total. The second kappa shape index (κ2) is 4.82. The summed E-state index contributed by atoms with van der Waals surface area (Å²) in [5.74, 6) is 0.731. The minimum atomic E-state index is -0.0344. The summed E-state index contributed by atoms with van der Waals surface area (Å²) in [6.45, 7) is 3.39. The largest absolute Gasteiger partial charge is 0.347 e. The highest BCUT2D eigenvalue weighted by molar-refractivity contribution is 7.17. The van der Waals surface area contributed by atoms with Crippen LogP contribution in [0.2, 0.25) is 0 Å². The molecule has 2 aromatic rings. The predicted octanol–water partition coefficient (Wildman–Crippen LogP) is 2.12. The number of piperidine rings is 1. The third-order valence-corrected chi connectivity index (χ3v) is 5.25. The maximum Gasteiger partial charge on any atom is 0.270 e. The number of nitrogens with zero attached hydrogens (tertiary/aromatic N) is 2. The Morgan fingerprint density at radius 1 is 1.45 bits per heavy atom. The van der Waals surface area contributed by atoms with Crippen LogP contribution in [0.5, 0.6) is 0 Å². The van der Waals surface area contributed by atoms with Crippen LogP contribution in [-0.2, 0) is 0 Å². The molecule has 104 valence electrons. The molecule has 2 aliphatic heterocycles. The van der Waals surface area contributed by atoms with Gasteiger partial charge in [-0.3, -0.25) is 9.78 Å². The van der Waals surface area contributed by atoms with Gasteiger partial charge >= 0.3 is 0 Å². The van der Waals surface area contributed by atoms with Gasteiger partial charge in [0.25, 0.3) is 5.91 Å². The SMILES string of the molecule is O=C(N[C@@H]1C[C@@H]2CCN(C2)C1)c1cc2sccc2cn1. The molecule has 2 bridgehead atoms. The first-order valence-electron chi connectivity index (χ1n) is 7.14. The fourth-order valence-electron chi connectivity index (χ4n) is 3.40. The lowest BCUT2D eigenvalue weighted by Gasteiger charge is -2.30. The fraction of sp³-hybridized carbons (Fsp3) is 0.467. The topological polar surface area (TPSA) is 45.2 Å². The zero-order chi connectivity index (χ0) is 13.5. The summed E-state index contributed by atoms with van der Waals surface area (Å²) in [4.78, 5) is 19.1. The lowest BCUT2D eigenvalue weighted by Crippen LogP contribution is -2.47. The van der Waals surface area contributed by atoms with Gasteiger partial charge in [0.15, 0.2) is 0 Å². The quantitative estimate of drug-likeness (QED) is 0.920. The second-order valence-electron chi connectivity index (χ2n) is 5.85. The summed E-state index contributed by atoms with van der Waals surface area (Å²) >= 11 is 1.65. The van der Waals surface area contributed by atoms with Gasteiger partial charge in [0.1, 0.15) is 5.69 Å². The highest BCUT2D eigenvalue weighted by atomic mass is 32.1. The Hall–Kier alpha value is -1.46. The number of amides is 1. The van der Waals surface area contributed by atoms with E-state index in [9.17, 15) is 4.79 Å². The summed E-state index contributed by atoms with van der Waals surface area (Å²) in [5.41, 5.74) is 0.535. The number of thiophene rings is 1. The zero-order valence-corrected chi connectivity index (χ0v) is 12.0. The number of hydrogen-bond acceptors (Lipinski definition) is 4. The minimum absolute atomic E-state index is 0.0344. The van der Waals surface area contributed by atoms with E-state index in [4.69, 9.17) is 0 Å². The van der Waals surface area contributed by atoms with Gasteiger partial charge in [-0.1, -0.05) is 0 Å². The molecule has 0 aliphatic carbocycles. The van der Waals surface area contributed by atoms with Crippen molar-refractivity contribution in [2.24, 2.45) is 5.92 Å². The highest BCUT2D eigenvalue weighted by Crippen LogP contribution is 2.27. The van der Waals surface area contributed by atoms with Crippen LogP contribution in [0.25, 0.3) is 10.1 Å². The van der Waals surface area contributed by atoms with Crippen molar-refractivity contribution < 1.29 is 4.79 Å². The van der Waals surface area contributed by atoms with Crippen molar-refractivity contribution in [3.8, 4) is 0 Å². The smallest absolute Gasteiger partial charge is 0.270 e. The average molecular weight is 287 g/mol. The van der Waals surface area contributed by atoms with Crippen LogP contribution in [-0.4, -0.2) is 41.5 Å². The average Bonchev–Trinajstić information content (AvgIpc) is 3.04. The van der Waals surface area contributed by atoms with Gasteiger partial charge < -0.3 is 10.2 Å². The fourth-order valence-corrected chi connectivity index (χ4v) is 4.20. The zero-order valence-electron chi connectivity index (χ0n) is 11.2. The molecule has 1 N–H and O–H groups in total. The van der Waals surface area contributed by atoms with E-state index in [1.807, 2.05) is 17.5 Å². The van der Waals surface area contributed by atoms with Crippen LogP contribution in [0.15, 0.2) is 23.7 Å². The molecule has 2 aromatic heterocycles. The standard InChI is InChI=1S/C15H17N3OS/c19-15(13-6-14-11(7-16-13)2-4-20-14)17-12-5-10-1-3-18(8-10)9-12/h2,4,6-7,10,12H,1,3,5,8-9H2,(H,17,19)/t10-,12+/m0/s1. The molecule has 5 heteroatoms. The third kappa shape index (κ3) is 2.21. The van der Waals surface area contributed by atoms with Gasteiger partial charge in [-0.25, -0.2) is 0 Å². The van der Waals surface area contributed by atoms with Crippen LogP contribution in [0.1, 0.15) is 23.3 Å². The van der Waals surface area contributed by atoms with Crippen molar-refractivity contribution in [1.29, 1.82) is 0 Å². The van der Waals surface area contributed by atoms with Crippen LogP contribution in [0.3, 0.4) is 0 Å². The van der Waals surface area contributed by atoms with E-state index in [-0.39, 0.29) is 11.9 Å². The molecule has 20 heavy (non-hydrogen) atoms. The molecule has 1 amide bonds. The summed E-state index contributed by atoms with van der Waals surface area (Å²) in [6.07, 6.45) is 4.18. The van der Waals surface area contributed by atoms with Gasteiger partial charge in [0, 0.05) is 35.4 Å². The number of pyridine rings is 1. The van der Waals surface area contributed by atoms with Gasteiger partial charge in [0.05, 0.1) is 0 Å². The van der Waals surface area contributed by atoms with E-state index in [2.05, 4.69) is 15.2 Å².